The molecule has 1 fully saturated rings. The maximum Gasteiger partial charge on any atom is 0.171 e. The smallest absolute Gasteiger partial charge is 0.171 e. The number of aromatic nitrogens is 2. The summed E-state index contributed by atoms with van der Waals surface area (Å²) in [7, 11) is 1.67. The van der Waals surface area contributed by atoms with Crippen molar-refractivity contribution < 1.29 is 14.0 Å². The van der Waals surface area contributed by atoms with Gasteiger partial charge in [-0.15, -0.1) is 0 Å². The Morgan fingerprint density at radius 2 is 2.12 bits per heavy atom. The van der Waals surface area contributed by atoms with Crippen LogP contribution < -0.4 is 4.74 Å². The predicted molar refractivity (Wildman–Crippen MR) is 131 cm³/mol. The number of rotatable bonds is 4. The lowest BCUT2D eigenvalue weighted by atomic mass is 9.95. The summed E-state index contributed by atoms with van der Waals surface area (Å²) in [5.74, 6) is 1.22. The number of fused-ring (bicyclic) bond motifs is 1. The minimum Gasteiger partial charge on any atom is -0.495 e. The number of methoxy groups -OCH3 is 1. The van der Waals surface area contributed by atoms with E-state index < -0.39 is 0 Å². The van der Waals surface area contributed by atoms with Crippen LogP contribution in [0.15, 0.2) is 59.7 Å². The van der Waals surface area contributed by atoms with E-state index in [1.54, 1.807) is 19.5 Å². The fourth-order valence-corrected chi connectivity index (χ4v) is 4.92. The Kier molecular flexibility index (Phi) is 6.28. The van der Waals surface area contributed by atoms with Crippen molar-refractivity contribution in [3.63, 3.8) is 0 Å². The quantitative estimate of drug-likeness (QED) is 0.464. The van der Waals surface area contributed by atoms with Crippen LogP contribution in [-0.2, 0) is 4.84 Å². The lowest BCUT2D eigenvalue weighted by Crippen LogP contribution is -2.39. The van der Waals surface area contributed by atoms with Gasteiger partial charge in [-0.2, -0.15) is 0 Å². The third-order valence-electron chi connectivity index (χ3n) is 6.22. The summed E-state index contributed by atoms with van der Waals surface area (Å²) in [6.45, 7) is 3.23. The molecule has 0 spiro atoms. The number of piperidine rings is 1. The maximum atomic E-state index is 14.1. The van der Waals surface area contributed by atoms with E-state index in [9.17, 15) is 4.39 Å². The Balaban J connectivity index is 1.48. The van der Waals surface area contributed by atoms with Crippen molar-refractivity contribution in [2.24, 2.45) is 5.16 Å². The SMILES string of the molecule is COc1cc(/C=C2\CCCN3C2=NOCCC3c2cc(F)cc(Cl)c2)ccc1-n1cnc(C)c1. The van der Waals surface area contributed by atoms with Crippen molar-refractivity contribution in [1.82, 2.24) is 14.5 Å². The van der Waals surface area contributed by atoms with Gasteiger partial charge in [-0.05, 0) is 72.9 Å². The van der Waals surface area contributed by atoms with Crippen molar-refractivity contribution in [1.29, 1.82) is 0 Å². The molecular formula is C26H26ClFN4O2. The van der Waals surface area contributed by atoms with Crippen molar-refractivity contribution >= 4 is 23.5 Å². The van der Waals surface area contributed by atoms with Crippen LogP contribution in [0.1, 0.15) is 42.1 Å². The van der Waals surface area contributed by atoms with Crippen LogP contribution >= 0.6 is 11.6 Å². The van der Waals surface area contributed by atoms with Gasteiger partial charge in [0.2, 0.25) is 0 Å². The molecular weight excluding hydrogens is 455 g/mol. The third-order valence-corrected chi connectivity index (χ3v) is 6.44. The lowest BCUT2D eigenvalue weighted by molar-refractivity contribution is 0.140. The predicted octanol–water partition coefficient (Wildman–Crippen LogP) is 5.94. The number of imidazole rings is 1. The summed E-state index contributed by atoms with van der Waals surface area (Å²) in [6.07, 6.45) is 8.41. The van der Waals surface area contributed by atoms with E-state index in [-0.39, 0.29) is 11.9 Å². The monoisotopic (exact) mass is 480 g/mol. The highest BCUT2D eigenvalue weighted by molar-refractivity contribution is 6.30. The van der Waals surface area contributed by atoms with Crippen LogP contribution in [0.4, 0.5) is 4.39 Å². The number of oxime groups is 1. The van der Waals surface area contributed by atoms with E-state index in [2.05, 4.69) is 27.2 Å². The summed E-state index contributed by atoms with van der Waals surface area (Å²) in [5.41, 5.74) is 4.79. The first-order chi connectivity index (χ1) is 16.5. The molecule has 2 aliphatic rings. The largest absolute Gasteiger partial charge is 0.495 e. The average Bonchev–Trinajstić information content (AvgIpc) is 3.12. The van der Waals surface area contributed by atoms with Crippen molar-refractivity contribution in [3.05, 3.63) is 82.2 Å². The maximum absolute atomic E-state index is 14.1. The Bertz CT molecular complexity index is 1250. The van der Waals surface area contributed by atoms with Crippen LogP contribution in [0.5, 0.6) is 5.75 Å². The normalized spacial score (nSPS) is 19.3. The van der Waals surface area contributed by atoms with Gasteiger partial charge >= 0.3 is 0 Å². The van der Waals surface area contributed by atoms with Crippen molar-refractivity contribution in [2.75, 3.05) is 20.3 Å². The molecule has 1 atom stereocenters. The first-order valence-electron chi connectivity index (χ1n) is 11.3. The van der Waals surface area contributed by atoms with E-state index in [1.165, 1.54) is 6.07 Å². The molecule has 176 valence electrons. The molecule has 0 aliphatic carbocycles. The number of hydrogen-bond acceptors (Lipinski definition) is 5. The second-order valence-corrected chi connectivity index (χ2v) is 9.01. The Labute approximate surface area is 203 Å². The van der Waals surface area contributed by atoms with E-state index in [0.717, 1.165) is 59.1 Å². The number of amidine groups is 1. The molecule has 0 radical (unpaired) electrons. The van der Waals surface area contributed by atoms with Gasteiger partial charge in [0.25, 0.3) is 0 Å². The van der Waals surface area contributed by atoms with Crippen molar-refractivity contribution in [3.8, 4) is 11.4 Å². The second kappa shape index (κ2) is 9.50. The molecule has 3 heterocycles. The molecule has 0 saturated carbocycles. The van der Waals surface area contributed by atoms with E-state index >= 15 is 0 Å². The molecule has 8 heteroatoms. The van der Waals surface area contributed by atoms with Gasteiger partial charge in [-0.3, -0.25) is 0 Å². The molecule has 2 aromatic carbocycles. The number of halogens is 2. The standard InChI is InChI=1S/C26H26ClFN4O2/c1-17-15-31(16-29-17)24-6-5-18(11-25(24)33-2)10-19-4-3-8-32-23(7-9-34-30-26(19)32)20-12-21(27)14-22(28)13-20/h5-6,10-16,23H,3-4,7-9H2,1-2H3/b19-10+. The van der Waals surface area contributed by atoms with Gasteiger partial charge in [-0.1, -0.05) is 22.8 Å². The second-order valence-electron chi connectivity index (χ2n) is 8.58. The third kappa shape index (κ3) is 4.53. The number of nitrogens with zero attached hydrogens (tertiary/aromatic N) is 4. The van der Waals surface area contributed by atoms with Gasteiger partial charge < -0.3 is 19.0 Å². The fourth-order valence-electron chi connectivity index (χ4n) is 4.69. The minimum absolute atomic E-state index is 0.0560. The van der Waals surface area contributed by atoms with Gasteiger partial charge in [-0.25, -0.2) is 9.37 Å². The van der Waals surface area contributed by atoms with Crippen LogP contribution in [0.25, 0.3) is 11.8 Å². The molecule has 1 unspecified atom stereocenters. The van der Waals surface area contributed by atoms with Crippen LogP contribution in [-0.4, -0.2) is 40.5 Å². The van der Waals surface area contributed by atoms with Gasteiger partial charge in [0.1, 0.15) is 18.2 Å². The topological polar surface area (TPSA) is 51.9 Å². The molecule has 1 saturated heterocycles. The molecule has 0 bridgehead atoms. The summed E-state index contributed by atoms with van der Waals surface area (Å²) in [4.78, 5) is 12.1. The Morgan fingerprint density at radius 1 is 1.24 bits per heavy atom. The highest BCUT2D eigenvalue weighted by Gasteiger charge is 2.31. The van der Waals surface area contributed by atoms with Gasteiger partial charge in [0.05, 0.1) is 30.9 Å². The summed E-state index contributed by atoms with van der Waals surface area (Å²) < 4.78 is 21.7. The molecule has 2 aliphatic heterocycles. The number of ether oxygens (including phenoxy) is 1. The number of aryl methyl sites for hydroxylation is 1. The molecule has 3 aromatic rings. The molecule has 0 N–H and O–H groups in total. The van der Waals surface area contributed by atoms with E-state index in [1.807, 2.05) is 35.9 Å². The van der Waals surface area contributed by atoms with Crippen LogP contribution in [0, 0.1) is 12.7 Å². The lowest BCUT2D eigenvalue weighted by Gasteiger charge is -2.36. The van der Waals surface area contributed by atoms with Gasteiger partial charge in [0.15, 0.2) is 5.84 Å². The van der Waals surface area contributed by atoms with Crippen molar-refractivity contribution in [2.45, 2.75) is 32.2 Å². The van der Waals surface area contributed by atoms with Crippen LogP contribution in [0.3, 0.4) is 0 Å². The highest BCUT2D eigenvalue weighted by atomic mass is 35.5. The Morgan fingerprint density at radius 3 is 2.88 bits per heavy atom. The zero-order valence-electron chi connectivity index (χ0n) is 19.2. The zero-order valence-corrected chi connectivity index (χ0v) is 19.9. The molecule has 34 heavy (non-hydrogen) atoms. The van der Waals surface area contributed by atoms with E-state index in [4.69, 9.17) is 21.2 Å². The first-order valence-corrected chi connectivity index (χ1v) is 11.7. The zero-order chi connectivity index (χ0) is 23.7. The van der Waals surface area contributed by atoms with Gasteiger partial charge in [0, 0.05) is 24.2 Å². The molecule has 5 rings (SSSR count). The van der Waals surface area contributed by atoms with E-state index in [0.29, 0.717) is 18.1 Å². The average molecular weight is 481 g/mol. The molecule has 1 aromatic heterocycles. The summed E-state index contributed by atoms with van der Waals surface area (Å²) in [5, 5.41) is 4.85. The summed E-state index contributed by atoms with van der Waals surface area (Å²) in [6, 6.07) is 10.8. The molecule has 0 amide bonds. The number of benzene rings is 2. The summed E-state index contributed by atoms with van der Waals surface area (Å²) >= 11 is 6.16. The first kappa shape index (κ1) is 22.5. The fraction of sp³-hybridized carbons (Fsp3) is 0.308. The highest BCUT2D eigenvalue weighted by Crippen LogP contribution is 2.35. The Hall–Kier alpha value is -3.32. The molecule has 6 nitrogen and oxygen atoms in total. The number of hydrogen-bond donors (Lipinski definition) is 0. The minimum atomic E-state index is -0.334. The van der Waals surface area contributed by atoms with Crippen LogP contribution in [0.2, 0.25) is 5.02 Å².